The Morgan fingerprint density at radius 2 is 2.30 bits per heavy atom. The summed E-state index contributed by atoms with van der Waals surface area (Å²) in [6.07, 6.45) is 9.80. The maximum atomic E-state index is 12.7. The van der Waals surface area contributed by atoms with Crippen molar-refractivity contribution in [3.8, 4) is 0 Å². The fourth-order valence-electron chi connectivity index (χ4n) is 3.90. The summed E-state index contributed by atoms with van der Waals surface area (Å²) in [7, 11) is 1.74. The van der Waals surface area contributed by atoms with Gasteiger partial charge in [0.2, 0.25) is 5.91 Å². The number of hydrogen-bond donors (Lipinski definition) is 0. The van der Waals surface area contributed by atoms with E-state index in [9.17, 15) is 4.79 Å². The third kappa shape index (κ3) is 2.94. The molecule has 5 heteroatoms. The van der Waals surface area contributed by atoms with Gasteiger partial charge in [-0.25, -0.2) is 0 Å². The van der Waals surface area contributed by atoms with Gasteiger partial charge >= 0.3 is 0 Å². The summed E-state index contributed by atoms with van der Waals surface area (Å²) >= 11 is 0. The lowest BCUT2D eigenvalue weighted by Gasteiger charge is -2.33. The zero-order valence-electron chi connectivity index (χ0n) is 13.8. The van der Waals surface area contributed by atoms with Crippen LogP contribution >= 0.6 is 0 Å². The summed E-state index contributed by atoms with van der Waals surface area (Å²) in [5.41, 5.74) is 3.49. The first-order valence-corrected chi connectivity index (χ1v) is 8.78. The zero-order chi connectivity index (χ0) is 15.8. The lowest BCUT2D eigenvalue weighted by Crippen LogP contribution is -2.40. The Morgan fingerprint density at radius 1 is 1.43 bits per heavy atom. The summed E-state index contributed by atoms with van der Waals surface area (Å²) in [5.74, 6) is 1.24. The van der Waals surface area contributed by atoms with Crippen LogP contribution in [0.3, 0.4) is 0 Å². The molecule has 1 aromatic rings. The van der Waals surface area contributed by atoms with Crippen LogP contribution in [-0.2, 0) is 22.6 Å². The molecule has 0 radical (unpaired) electrons. The van der Waals surface area contributed by atoms with Crippen molar-refractivity contribution in [2.45, 2.75) is 51.1 Å². The van der Waals surface area contributed by atoms with Crippen LogP contribution in [0, 0.1) is 5.92 Å². The second-order valence-corrected chi connectivity index (χ2v) is 7.14. The van der Waals surface area contributed by atoms with Crippen LogP contribution in [0.1, 0.15) is 49.3 Å². The van der Waals surface area contributed by atoms with Crippen LogP contribution in [0.15, 0.2) is 17.8 Å². The van der Waals surface area contributed by atoms with Crippen molar-refractivity contribution in [2.24, 2.45) is 5.92 Å². The average molecular weight is 315 g/mol. The highest BCUT2D eigenvalue weighted by molar-refractivity contribution is 5.94. The van der Waals surface area contributed by atoms with Gasteiger partial charge in [0.05, 0.1) is 18.5 Å². The van der Waals surface area contributed by atoms with E-state index in [-0.39, 0.29) is 11.8 Å². The van der Waals surface area contributed by atoms with E-state index in [0.717, 1.165) is 43.8 Å². The van der Waals surface area contributed by atoms with E-state index >= 15 is 0 Å². The van der Waals surface area contributed by atoms with Gasteiger partial charge < -0.3 is 9.64 Å². The largest absolute Gasteiger partial charge is 0.384 e. The maximum Gasteiger partial charge on any atom is 0.249 e. The summed E-state index contributed by atoms with van der Waals surface area (Å²) in [6.45, 7) is 3.10. The summed E-state index contributed by atoms with van der Waals surface area (Å²) in [6, 6.07) is 0. The van der Waals surface area contributed by atoms with Crippen molar-refractivity contribution in [1.82, 2.24) is 14.7 Å². The lowest BCUT2D eigenvalue weighted by atomic mass is 9.96. The summed E-state index contributed by atoms with van der Waals surface area (Å²) < 4.78 is 7.62. The predicted octanol–water partition coefficient (Wildman–Crippen LogP) is 2.48. The van der Waals surface area contributed by atoms with Crippen LogP contribution in [0.25, 0.3) is 0 Å². The number of amides is 1. The zero-order valence-corrected chi connectivity index (χ0v) is 13.8. The normalized spacial score (nSPS) is 23.8. The molecule has 124 valence electrons. The SMILES string of the molecule is COC[C@@H]1CN(C(=O)C2=CCCC2)Cc2cnn(CC3CC3)c21. The Bertz CT molecular complexity index is 630. The molecular formula is C18H25N3O2. The smallest absolute Gasteiger partial charge is 0.249 e. The van der Waals surface area contributed by atoms with Crippen molar-refractivity contribution in [3.05, 3.63) is 29.1 Å². The van der Waals surface area contributed by atoms with E-state index in [4.69, 9.17) is 4.74 Å². The van der Waals surface area contributed by atoms with Gasteiger partial charge in [-0.15, -0.1) is 0 Å². The predicted molar refractivity (Wildman–Crippen MR) is 86.9 cm³/mol. The van der Waals surface area contributed by atoms with E-state index in [1.165, 1.54) is 24.1 Å². The van der Waals surface area contributed by atoms with Gasteiger partial charge in [0, 0.05) is 43.8 Å². The summed E-state index contributed by atoms with van der Waals surface area (Å²) in [4.78, 5) is 14.7. The molecule has 1 fully saturated rings. The van der Waals surface area contributed by atoms with Gasteiger partial charge in [-0.3, -0.25) is 9.48 Å². The maximum absolute atomic E-state index is 12.7. The highest BCUT2D eigenvalue weighted by Gasteiger charge is 2.34. The number of rotatable bonds is 5. The van der Waals surface area contributed by atoms with Crippen molar-refractivity contribution >= 4 is 5.91 Å². The molecule has 0 N–H and O–H groups in total. The van der Waals surface area contributed by atoms with Crippen LogP contribution in [-0.4, -0.2) is 40.8 Å². The molecule has 0 aromatic carbocycles. The molecule has 3 aliphatic rings. The van der Waals surface area contributed by atoms with Gasteiger partial charge in [-0.1, -0.05) is 6.08 Å². The van der Waals surface area contributed by atoms with E-state index in [2.05, 4.69) is 15.9 Å². The molecule has 2 aliphatic carbocycles. The number of carbonyl (C=O) groups excluding carboxylic acids is 1. The minimum absolute atomic E-state index is 0.212. The molecule has 0 saturated heterocycles. The molecular weight excluding hydrogens is 290 g/mol. The quantitative estimate of drug-likeness (QED) is 0.838. The molecule has 1 amide bonds. The van der Waals surface area contributed by atoms with E-state index in [1.807, 2.05) is 11.1 Å². The van der Waals surface area contributed by atoms with Gasteiger partial charge in [0.1, 0.15) is 0 Å². The Kier molecular flexibility index (Phi) is 3.97. The Balaban J connectivity index is 1.57. The molecule has 1 aliphatic heterocycles. The number of aromatic nitrogens is 2. The van der Waals surface area contributed by atoms with E-state index in [0.29, 0.717) is 13.2 Å². The van der Waals surface area contributed by atoms with Crippen molar-refractivity contribution < 1.29 is 9.53 Å². The molecule has 5 nitrogen and oxygen atoms in total. The van der Waals surface area contributed by atoms with Crippen molar-refractivity contribution in [1.29, 1.82) is 0 Å². The van der Waals surface area contributed by atoms with Gasteiger partial charge in [-0.05, 0) is 38.0 Å². The number of fused-ring (bicyclic) bond motifs is 1. The van der Waals surface area contributed by atoms with Crippen LogP contribution in [0.2, 0.25) is 0 Å². The molecule has 1 saturated carbocycles. The number of methoxy groups -OCH3 is 1. The Morgan fingerprint density at radius 3 is 3.00 bits per heavy atom. The van der Waals surface area contributed by atoms with Gasteiger partial charge in [0.15, 0.2) is 0 Å². The van der Waals surface area contributed by atoms with Crippen molar-refractivity contribution in [3.63, 3.8) is 0 Å². The number of hydrogen-bond acceptors (Lipinski definition) is 3. The van der Waals surface area contributed by atoms with E-state index < -0.39 is 0 Å². The third-order valence-electron chi connectivity index (χ3n) is 5.25. The topological polar surface area (TPSA) is 47.4 Å². The first-order chi connectivity index (χ1) is 11.3. The van der Waals surface area contributed by atoms with Gasteiger partial charge in [0.25, 0.3) is 0 Å². The Hall–Kier alpha value is -1.62. The molecule has 0 spiro atoms. The molecule has 4 rings (SSSR count). The Labute approximate surface area is 137 Å². The van der Waals surface area contributed by atoms with Crippen LogP contribution < -0.4 is 0 Å². The van der Waals surface area contributed by atoms with Crippen LogP contribution in [0.5, 0.6) is 0 Å². The molecule has 2 heterocycles. The molecule has 0 bridgehead atoms. The first-order valence-electron chi connectivity index (χ1n) is 8.78. The first kappa shape index (κ1) is 14.9. The monoisotopic (exact) mass is 315 g/mol. The highest BCUT2D eigenvalue weighted by Crippen LogP contribution is 2.35. The molecule has 1 aromatic heterocycles. The fourth-order valence-corrected chi connectivity index (χ4v) is 3.90. The minimum Gasteiger partial charge on any atom is -0.384 e. The highest BCUT2D eigenvalue weighted by atomic mass is 16.5. The van der Waals surface area contributed by atoms with E-state index in [1.54, 1.807) is 7.11 Å². The molecule has 1 atom stereocenters. The fraction of sp³-hybridized carbons (Fsp3) is 0.667. The third-order valence-corrected chi connectivity index (χ3v) is 5.25. The summed E-state index contributed by atoms with van der Waals surface area (Å²) in [5, 5.41) is 4.61. The molecule has 0 unspecified atom stereocenters. The average Bonchev–Trinajstić information content (AvgIpc) is 3.04. The van der Waals surface area contributed by atoms with Gasteiger partial charge in [-0.2, -0.15) is 5.10 Å². The standard InChI is InChI=1S/C18H25N3O2/c1-23-12-16-11-20(18(22)14-4-2-3-5-14)10-15-8-19-21(17(15)16)9-13-6-7-13/h4,8,13,16H,2-3,5-7,9-12H2,1H3/t16-/m0/s1. The number of allylic oxidation sites excluding steroid dienone is 1. The van der Waals surface area contributed by atoms with Crippen LogP contribution in [0.4, 0.5) is 0 Å². The number of carbonyl (C=O) groups is 1. The second-order valence-electron chi connectivity index (χ2n) is 7.14. The second kappa shape index (κ2) is 6.11. The number of ether oxygens (including phenoxy) is 1. The number of nitrogens with zero attached hydrogens (tertiary/aromatic N) is 3. The lowest BCUT2D eigenvalue weighted by molar-refractivity contribution is -0.128. The van der Waals surface area contributed by atoms with Crippen molar-refractivity contribution in [2.75, 3.05) is 20.3 Å². The minimum atomic E-state index is 0.212. The molecule has 23 heavy (non-hydrogen) atoms.